The van der Waals surface area contributed by atoms with E-state index in [1.54, 1.807) is 0 Å². The summed E-state index contributed by atoms with van der Waals surface area (Å²) in [6.45, 7) is 9.74. The van der Waals surface area contributed by atoms with Gasteiger partial charge in [0.05, 0.1) is 5.02 Å². The quantitative estimate of drug-likeness (QED) is 0.879. The van der Waals surface area contributed by atoms with Gasteiger partial charge in [0.1, 0.15) is 5.82 Å². The number of hydrogen-bond acceptors (Lipinski definition) is 3. The van der Waals surface area contributed by atoms with Crippen LogP contribution in [0.5, 0.6) is 0 Å². The molecule has 0 bridgehead atoms. The van der Waals surface area contributed by atoms with Crippen molar-refractivity contribution in [1.82, 2.24) is 10.3 Å². The number of anilines is 1. The molecule has 5 heteroatoms. The van der Waals surface area contributed by atoms with Gasteiger partial charge in [0.25, 0.3) is 0 Å². The molecule has 0 radical (unpaired) electrons. The predicted molar refractivity (Wildman–Crippen MR) is 89.6 cm³/mol. The molecule has 0 spiro atoms. The monoisotopic (exact) mass is 359 g/mol. The van der Waals surface area contributed by atoms with Crippen LogP contribution in [0.2, 0.25) is 5.02 Å². The van der Waals surface area contributed by atoms with Gasteiger partial charge in [0.15, 0.2) is 0 Å². The standard InChI is InChI=1S/C15H23BrClN3/c1-15(2,3)19-8-11-5-4-6-20(10-11)14-13(17)7-12(16)9-18-14/h7,9,11,19H,4-6,8,10H2,1-3H3. The van der Waals surface area contributed by atoms with Crippen LogP contribution in [-0.4, -0.2) is 30.2 Å². The third kappa shape index (κ3) is 4.61. The van der Waals surface area contributed by atoms with E-state index in [1.807, 2.05) is 12.3 Å². The second kappa shape index (κ2) is 6.63. The molecule has 1 N–H and O–H groups in total. The van der Waals surface area contributed by atoms with E-state index >= 15 is 0 Å². The lowest BCUT2D eigenvalue weighted by molar-refractivity contribution is 0.335. The third-order valence-corrected chi connectivity index (χ3v) is 4.24. The van der Waals surface area contributed by atoms with E-state index in [0.717, 1.165) is 34.9 Å². The van der Waals surface area contributed by atoms with Crippen molar-refractivity contribution in [3.8, 4) is 0 Å². The summed E-state index contributed by atoms with van der Waals surface area (Å²) in [5, 5.41) is 4.33. The highest BCUT2D eigenvalue weighted by Gasteiger charge is 2.23. The van der Waals surface area contributed by atoms with E-state index < -0.39 is 0 Å². The van der Waals surface area contributed by atoms with Crippen molar-refractivity contribution in [3.05, 3.63) is 21.8 Å². The first kappa shape index (κ1) is 16.1. The van der Waals surface area contributed by atoms with Gasteiger partial charge in [-0.2, -0.15) is 0 Å². The number of nitrogens with one attached hydrogen (secondary N) is 1. The van der Waals surface area contributed by atoms with Crippen LogP contribution in [-0.2, 0) is 0 Å². The molecule has 2 heterocycles. The zero-order valence-corrected chi connectivity index (χ0v) is 14.8. The number of halogens is 2. The minimum atomic E-state index is 0.176. The maximum Gasteiger partial charge on any atom is 0.147 e. The molecule has 1 aliphatic rings. The van der Waals surface area contributed by atoms with Crippen LogP contribution in [0.25, 0.3) is 0 Å². The van der Waals surface area contributed by atoms with Crippen molar-refractivity contribution in [2.24, 2.45) is 5.92 Å². The van der Waals surface area contributed by atoms with Crippen molar-refractivity contribution in [2.45, 2.75) is 39.2 Å². The highest BCUT2D eigenvalue weighted by molar-refractivity contribution is 9.10. The smallest absolute Gasteiger partial charge is 0.147 e. The number of nitrogens with zero attached hydrogens (tertiary/aromatic N) is 2. The maximum absolute atomic E-state index is 6.31. The van der Waals surface area contributed by atoms with E-state index in [9.17, 15) is 0 Å². The highest BCUT2D eigenvalue weighted by Crippen LogP contribution is 2.29. The SMILES string of the molecule is CC(C)(C)NCC1CCCN(c2ncc(Br)cc2Cl)C1. The van der Waals surface area contributed by atoms with Gasteiger partial charge in [-0.1, -0.05) is 11.6 Å². The molecule has 3 nitrogen and oxygen atoms in total. The maximum atomic E-state index is 6.31. The number of hydrogen-bond donors (Lipinski definition) is 1. The Morgan fingerprint density at radius 3 is 2.90 bits per heavy atom. The number of piperidine rings is 1. The lowest BCUT2D eigenvalue weighted by Crippen LogP contribution is -2.45. The molecule has 1 atom stereocenters. The van der Waals surface area contributed by atoms with E-state index in [4.69, 9.17) is 11.6 Å². The van der Waals surface area contributed by atoms with Crippen molar-refractivity contribution in [1.29, 1.82) is 0 Å². The van der Waals surface area contributed by atoms with Crippen molar-refractivity contribution in [3.63, 3.8) is 0 Å². The number of aromatic nitrogens is 1. The molecule has 112 valence electrons. The van der Waals surface area contributed by atoms with Crippen molar-refractivity contribution in [2.75, 3.05) is 24.5 Å². The predicted octanol–water partition coefficient (Wildman–Crippen LogP) is 4.10. The summed E-state index contributed by atoms with van der Waals surface area (Å²) in [4.78, 5) is 6.78. The zero-order valence-electron chi connectivity index (χ0n) is 12.4. The first-order valence-electron chi connectivity index (χ1n) is 7.16. The van der Waals surface area contributed by atoms with Crippen LogP contribution in [0.3, 0.4) is 0 Å². The molecule has 0 amide bonds. The van der Waals surface area contributed by atoms with E-state index in [2.05, 4.69) is 51.9 Å². The molecule has 1 fully saturated rings. The lowest BCUT2D eigenvalue weighted by Gasteiger charge is -2.35. The molecule has 1 aromatic rings. The van der Waals surface area contributed by atoms with Gasteiger partial charge in [-0.15, -0.1) is 0 Å². The summed E-state index contributed by atoms with van der Waals surface area (Å²) in [7, 11) is 0. The van der Waals surface area contributed by atoms with Crippen molar-refractivity contribution >= 4 is 33.3 Å². The Labute approximate surface area is 135 Å². The molecule has 2 rings (SSSR count). The first-order chi connectivity index (χ1) is 9.35. The molecule has 20 heavy (non-hydrogen) atoms. The zero-order chi connectivity index (χ0) is 14.8. The Morgan fingerprint density at radius 1 is 1.50 bits per heavy atom. The fourth-order valence-corrected chi connectivity index (χ4v) is 3.26. The van der Waals surface area contributed by atoms with Gasteiger partial charge in [-0.05, 0) is 61.5 Å². The van der Waals surface area contributed by atoms with Gasteiger partial charge in [0.2, 0.25) is 0 Å². The topological polar surface area (TPSA) is 28.2 Å². The lowest BCUT2D eigenvalue weighted by atomic mass is 9.96. The molecule has 0 saturated carbocycles. The van der Waals surface area contributed by atoms with Crippen molar-refractivity contribution < 1.29 is 0 Å². The van der Waals surface area contributed by atoms with Gasteiger partial charge >= 0.3 is 0 Å². The molecule has 1 saturated heterocycles. The first-order valence-corrected chi connectivity index (χ1v) is 8.33. The molecule has 0 aliphatic carbocycles. The van der Waals surface area contributed by atoms with E-state index in [0.29, 0.717) is 5.92 Å². The Hall–Kier alpha value is -0.320. The van der Waals surface area contributed by atoms with Gasteiger partial charge in [0, 0.05) is 35.8 Å². The number of rotatable bonds is 3. The Kier molecular flexibility index (Phi) is 5.32. The summed E-state index contributed by atoms with van der Waals surface area (Å²) in [6.07, 6.45) is 4.29. The summed E-state index contributed by atoms with van der Waals surface area (Å²) in [6, 6.07) is 1.92. The van der Waals surface area contributed by atoms with Gasteiger partial charge in [-0.3, -0.25) is 0 Å². The highest BCUT2D eigenvalue weighted by atomic mass is 79.9. The molecule has 1 aromatic heterocycles. The van der Waals surface area contributed by atoms with Crippen LogP contribution in [0.1, 0.15) is 33.6 Å². The summed E-state index contributed by atoms with van der Waals surface area (Å²) >= 11 is 9.71. The Balaban J connectivity index is 1.99. The van der Waals surface area contributed by atoms with Crippen LogP contribution in [0.15, 0.2) is 16.7 Å². The van der Waals surface area contributed by atoms with Gasteiger partial charge < -0.3 is 10.2 Å². The average molecular weight is 361 g/mol. The normalized spacial score (nSPS) is 20.2. The van der Waals surface area contributed by atoms with Crippen LogP contribution in [0.4, 0.5) is 5.82 Å². The molecular formula is C15H23BrClN3. The van der Waals surface area contributed by atoms with E-state index in [1.165, 1.54) is 12.8 Å². The fourth-order valence-electron chi connectivity index (χ4n) is 2.51. The second-order valence-electron chi connectivity index (χ2n) is 6.54. The third-order valence-electron chi connectivity index (χ3n) is 3.53. The molecule has 1 aliphatic heterocycles. The van der Waals surface area contributed by atoms with E-state index in [-0.39, 0.29) is 5.54 Å². The largest absolute Gasteiger partial charge is 0.355 e. The Morgan fingerprint density at radius 2 is 2.25 bits per heavy atom. The summed E-state index contributed by atoms with van der Waals surface area (Å²) < 4.78 is 0.925. The average Bonchev–Trinajstić information content (AvgIpc) is 2.36. The number of pyridine rings is 1. The second-order valence-corrected chi connectivity index (χ2v) is 7.87. The van der Waals surface area contributed by atoms with Crippen LogP contribution in [0, 0.1) is 5.92 Å². The minimum absolute atomic E-state index is 0.176. The Bertz CT molecular complexity index is 459. The minimum Gasteiger partial charge on any atom is -0.355 e. The van der Waals surface area contributed by atoms with Gasteiger partial charge in [-0.25, -0.2) is 4.98 Å². The summed E-state index contributed by atoms with van der Waals surface area (Å²) in [5.74, 6) is 1.57. The van der Waals surface area contributed by atoms with Crippen LogP contribution < -0.4 is 10.2 Å². The molecule has 1 unspecified atom stereocenters. The van der Waals surface area contributed by atoms with Crippen LogP contribution >= 0.6 is 27.5 Å². The molecule has 0 aromatic carbocycles. The summed E-state index contributed by atoms with van der Waals surface area (Å²) in [5.41, 5.74) is 0.176. The molecular weight excluding hydrogens is 338 g/mol. The fraction of sp³-hybridized carbons (Fsp3) is 0.667.